The van der Waals surface area contributed by atoms with Crippen molar-refractivity contribution in [2.75, 3.05) is 6.54 Å². The lowest BCUT2D eigenvalue weighted by atomic mass is 9.74. The lowest BCUT2D eigenvalue weighted by Gasteiger charge is -2.32. The van der Waals surface area contributed by atoms with E-state index in [9.17, 15) is 0 Å². The second kappa shape index (κ2) is 6.42. The minimum Gasteiger partial charge on any atom is -0.297 e. The topological polar surface area (TPSA) is 12.4 Å². The average molecular weight is 221 g/mol. The van der Waals surface area contributed by atoms with Gasteiger partial charge in [-0.25, -0.2) is 0 Å². The smallest absolute Gasteiger partial charge is 0.0385 e. The lowest BCUT2D eigenvalue weighted by Crippen LogP contribution is -2.26. The van der Waals surface area contributed by atoms with Gasteiger partial charge in [0.25, 0.3) is 0 Å². The Morgan fingerprint density at radius 1 is 0.625 bits per heavy atom. The van der Waals surface area contributed by atoms with E-state index in [-0.39, 0.29) is 0 Å². The predicted molar refractivity (Wildman–Crippen MR) is 71.2 cm³/mol. The van der Waals surface area contributed by atoms with Gasteiger partial charge in [0, 0.05) is 18.2 Å². The molecule has 0 radical (unpaired) electrons. The molecule has 1 aliphatic carbocycles. The van der Waals surface area contributed by atoms with E-state index in [0.717, 1.165) is 6.54 Å². The lowest BCUT2D eigenvalue weighted by molar-refractivity contribution is 0.298. The standard InChI is InChI=1S/C15H27N/c1-2-4-6-8-11-15(10-7-5-3-1)12-9-13-16-14-15/h14H,1-13H2. The van der Waals surface area contributed by atoms with Gasteiger partial charge < -0.3 is 0 Å². The summed E-state index contributed by atoms with van der Waals surface area (Å²) in [5, 5.41) is 0. The molecule has 92 valence electrons. The molecule has 1 fully saturated rings. The molecule has 2 rings (SSSR count). The predicted octanol–water partition coefficient (Wildman–Crippen LogP) is 4.75. The van der Waals surface area contributed by atoms with Crippen LogP contribution >= 0.6 is 0 Å². The highest BCUT2D eigenvalue weighted by atomic mass is 14.7. The van der Waals surface area contributed by atoms with Gasteiger partial charge in [-0.15, -0.1) is 0 Å². The molecule has 1 saturated carbocycles. The third kappa shape index (κ3) is 3.61. The Morgan fingerprint density at radius 3 is 1.62 bits per heavy atom. The van der Waals surface area contributed by atoms with Crippen molar-refractivity contribution in [1.29, 1.82) is 0 Å². The van der Waals surface area contributed by atoms with Gasteiger partial charge in [0.05, 0.1) is 0 Å². The number of hydrogen-bond acceptors (Lipinski definition) is 1. The van der Waals surface area contributed by atoms with Crippen LogP contribution in [0.4, 0.5) is 0 Å². The summed E-state index contributed by atoms with van der Waals surface area (Å²) in [5.41, 5.74) is 0.516. The van der Waals surface area contributed by atoms with Gasteiger partial charge >= 0.3 is 0 Å². The van der Waals surface area contributed by atoms with E-state index in [1.165, 1.54) is 77.0 Å². The summed E-state index contributed by atoms with van der Waals surface area (Å²) >= 11 is 0. The van der Waals surface area contributed by atoms with Gasteiger partial charge in [0.15, 0.2) is 0 Å². The van der Waals surface area contributed by atoms with Crippen molar-refractivity contribution in [2.24, 2.45) is 10.4 Å². The monoisotopic (exact) mass is 221 g/mol. The van der Waals surface area contributed by atoms with Crippen LogP contribution in [0, 0.1) is 5.41 Å². The molecule has 16 heavy (non-hydrogen) atoms. The Labute approximate surface area is 101 Å². The Kier molecular flexibility index (Phi) is 4.87. The molecule has 0 aromatic heterocycles. The molecule has 1 heteroatoms. The highest BCUT2D eigenvalue weighted by molar-refractivity contribution is 5.66. The van der Waals surface area contributed by atoms with E-state index in [1.54, 1.807) is 0 Å². The molecule has 1 nitrogen and oxygen atoms in total. The molecule has 1 aliphatic heterocycles. The third-order valence-electron chi connectivity index (χ3n) is 4.43. The largest absolute Gasteiger partial charge is 0.297 e. The first-order valence-corrected chi connectivity index (χ1v) is 7.42. The first-order valence-electron chi connectivity index (χ1n) is 7.42. The average Bonchev–Trinajstić information content (AvgIpc) is 2.37. The molecule has 0 amide bonds. The zero-order valence-corrected chi connectivity index (χ0v) is 10.7. The van der Waals surface area contributed by atoms with Gasteiger partial charge in [0.1, 0.15) is 0 Å². The summed E-state index contributed by atoms with van der Waals surface area (Å²) in [6.45, 7) is 1.09. The van der Waals surface area contributed by atoms with Crippen LogP contribution in [-0.4, -0.2) is 12.8 Å². The summed E-state index contributed by atoms with van der Waals surface area (Å²) in [5.74, 6) is 0. The number of hydrogen-bond donors (Lipinski definition) is 0. The zero-order valence-electron chi connectivity index (χ0n) is 10.7. The molecule has 0 atom stereocenters. The van der Waals surface area contributed by atoms with Gasteiger partial charge in [-0.2, -0.15) is 0 Å². The highest BCUT2D eigenvalue weighted by Crippen LogP contribution is 2.37. The molecule has 2 aliphatic rings. The van der Waals surface area contributed by atoms with Gasteiger partial charge in [0.2, 0.25) is 0 Å². The second-order valence-electron chi connectivity index (χ2n) is 5.83. The highest BCUT2D eigenvalue weighted by Gasteiger charge is 2.28. The van der Waals surface area contributed by atoms with Crippen LogP contribution < -0.4 is 0 Å². The van der Waals surface area contributed by atoms with E-state index in [1.807, 2.05) is 0 Å². The summed E-state index contributed by atoms with van der Waals surface area (Å²) < 4.78 is 0. The van der Waals surface area contributed by atoms with E-state index in [0.29, 0.717) is 5.41 Å². The summed E-state index contributed by atoms with van der Waals surface area (Å²) in [6, 6.07) is 0. The van der Waals surface area contributed by atoms with Crippen LogP contribution in [0.3, 0.4) is 0 Å². The minimum absolute atomic E-state index is 0.516. The fourth-order valence-corrected chi connectivity index (χ4v) is 3.36. The summed E-state index contributed by atoms with van der Waals surface area (Å²) in [6.07, 6.45) is 19.6. The second-order valence-corrected chi connectivity index (χ2v) is 5.83. The van der Waals surface area contributed by atoms with E-state index in [4.69, 9.17) is 0 Å². The molecule has 1 heterocycles. The van der Waals surface area contributed by atoms with Crippen LogP contribution in [0.25, 0.3) is 0 Å². The fraction of sp³-hybridized carbons (Fsp3) is 0.933. The molecule has 1 spiro atoms. The number of nitrogens with zero attached hydrogens (tertiary/aromatic N) is 1. The zero-order chi connectivity index (χ0) is 11.1. The fourth-order valence-electron chi connectivity index (χ4n) is 3.36. The summed E-state index contributed by atoms with van der Waals surface area (Å²) in [7, 11) is 0. The van der Waals surface area contributed by atoms with Crippen molar-refractivity contribution in [3.05, 3.63) is 0 Å². The molecule has 0 bridgehead atoms. The van der Waals surface area contributed by atoms with Crippen LogP contribution in [0.2, 0.25) is 0 Å². The Hall–Kier alpha value is -0.330. The van der Waals surface area contributed by atoms with Crippen molar-refractivity contribution < 1.29 is 0 Å². The molecule has 0 N–H and O–H groups in total. The minimum atomic E-state index is 0.516. The molecule has 0 aromatic carbocycles. The van der Waals surface area contributed by atoms with E-state index >= 15 is 0 Å². The van der Waals surface area contributed by atoms with E-state index in [2.05, 4.69) is 11.2 Å². The number of rotatable bonds is 0. The molecular formula is C15H27N. The van der Waals surface area contributed by atoms with Gasteiger partial charge in [-0.1, -0.05) is 51.4 Å². The maximum absolute atomic E-state index is 4.58. The van der Waals surface area contributed by atoms with Crippen molar-refractivity contribution in [2.45, 2.75) is 77.0 Å². The Balaban J connectivity index is 1.91. The van der Waals surface area contributed by atoms with Gasteiger partial charge in [-0.3, -0.25) is 4.99 Å². The number of aliphatic imine (C=N–C) groups is 1. The van der Waals surface area contributed by atoms with Crippen LogP contribution in [0.15, 0.2) is 4.99 Å². The Bertz CT molecular complexity index is 207. The first kappa shape index (κ1) is 12.1. The SMILES string of the molecule is C1=NCCCC12CCCCCCCCCC2. The molecular weight excluding hydrogens is 194 g/mol. The van der Waals surface area contributed by atoms with Crippen LogP contribution in [0.1, 0.15) is 77.0 Å². The van der Waals surface area contributed by atoms with Crippen molar-refractivity contribution in [3.63, 3.8) is 0 Å². The molecule has 0 unspecified atom stereocenters. The third-order valence-corrected chi connectivity index (χ3v) is 4.43. The normalized spacial score (nSPS) is 27.5. The quantitative estimate of drug-likeness (QED) is 0.559. The maximum atomic E-state index is 4.58. The maximum Gasteiger partial charge on any atom is 0.0385 e. The summed E-state index contributed by atoms with van der Waals surface area (Å²) in [4.78, 5) is 4.58. The van der Waals surface area contributed by atoms with Crippen LogP contribution in [-0.2, 0) is 0 Å². The van der Waals surface area contributed by atoms with Crippen molar-refractivity contribution in [1.82, 2.24) is 0 Å². The van der Waals surface area contributed by atoms with Crippen molar-refractivity contribution in [3.8, 4) is 0 Å². The van der Waals surface area contributed by atoms with E-state index < -0.39 is 0 Å². The Morgan fingerprint density at radius 2 is 1.12 bits per heavy atom. The van der Waals surface area contributed by atoms with Crippen molar-refractivity contribution >= 4 is 6.21 Å². The van der Waals surface area contributed by atoms with Gasteiger partial charge in [-0.05, 0) is 25.7 Å². The van der Waals surface area contributed by atoms with Crippen LogP contribution in [0.5, 0.6) is 0 Å². The molecule has 0 saturated heterocycles. The first-order chi connectivity index (χ1) is 7.91. The molecule has 0 aromatic rings.